The second-order valence-electron chi connectivity index (χ2n) is 16.2. The van der Waals surface area contributed by atoms with Crippen molar-refractivity contribution in [2.45, 2.75) is 83.3 Å². The summed E-state index contributed by atoms with van der Waals surface area (Å²) in [5.74, 6) is -0.875. The molecule has 2 aromatic heterocycles. The van der Waals surface area contributed by atoms with Gasteiger partial charge in [-0.1, -0.05) is 0 Å². The van der Waals surface area contributed by atoms with Crippen LogP contribution in [-0.2, 0) is 40.2 Å². The molecule has 2 saturated heterocycles. The molecule has 0 saturated carbocycles. The fraction of sp³-hybridized carbons (Fsp3) is 0.429. The summed E-state index contributed by atoms with van der Waals surface area (Å²) in [5.41, 5.74) is 6.28. The molecule has 2 fully saturated rings. The Hall–Kier alpha value is -6.26. The molecule has 0 aliphatic carbocycles. The minimum Gasteiger partial charge on any atom is -0.371 e. The van der Waals surface area contributed by atoms with Crippen LogP contribution in [0, 0.1) is 0 Å². The highest BCUT2D eigenvalue weighted by molar-refractivity contribution is 6.23. The Balaban J connectivity index is 0.00000462. The summed E-state index contributed by atoms with van der Waals surface area (Å²) in [4.78, 5) is 72.7. The lowest BCUT2D eigenvalue weighted by molar-refractivity contribution is -0.136. The number of hydrogen-bond donors (Lipinski definition) is 1. The SMILES string of the molecule is CC(=O)N1CCc2c(c(N3CCCc4cc(N5CCc6ccnnc65)c(C(F)F)cc43)nn2C2CCN(c3ccc4c(c3)C(=O)N(C3CCC(=O)NC3=O)C4=O)CC2)C1.[HH]. The Morgan fingerprint density at radius 2 is 1.63 bits per heavy atom. The summed E-state index contributed by atoms with van der Waals surface area (Å²) in [5, 5.41) is 15.9. The number of carbonyl (C=O) groups excluding carboxylic acids is 5. The van der Waals surface area contributed by atoms with E-state index in [0.29, 0.717) is 75.1 Å². The lowest BCUT2D eigenvalue weighted by atomic mass is 9.96. The molecule has 6 aliphatic rings. The predicted octanol–water partition coefficient (Wildman–Crippen LogP) is 4.78. The zero-order valence-electron chi connectivity index (χ0n) is 32.5. The van der Waals surface area contributed by atoms with Crippen molar-refractivity contribution in [1.29, 1.82) is 0 Å². The van der Waals surface area contributed by atoms with Crippen molar-refractivity contribution in [2.24, 2.45) is 0 Å². The van der Waals surface area contributed by atoms with E-state index in [9.17, 15) is 32.8 Å². The molecule has 1 atom stereocenters. The summed E-state index contributed by atoms with van der Waals surface area (Å²) < 4.78 is 32.1. The van der Waals surface area contributed by atoms with Crippen LogP contribution in [0.3, 0.4) is 0 Å². The summed E-state index contributed by atoms with van der Waals surface area (Å²) in [6.45, 7) is 4.92. The largest absolute Gasteiger partial charge is 0.371 e. The van der Waals surface area contributed by atoms with Gasteiger partial charge in [-0.15, -0.1) is 5.10 Å². The maximum atomic E-state index is 15.0. The molecule has 306 valence electrons. The lowest BCUT2D eigenvalue weighted by Gasteiger charge is -2.35. The predicted molar refractivity (Wildman–Crippen MR) is 212 cm³/mol. The van der Waals surface area contributed by atoms with Crippen LogP contribution in [0.4, 0.5) is 37.5 Å². The van der Waals surface area contributed by atoms with Gasteiger partial charge in [0.05, 0.1) is 35.6 Å². The first-order valence-electron chi connectivity index (χ1n) is 20.3. The summed E-state index contributed by atoms with van der Waals surface area (Å²) in [6, 6.07) is 9.57. The molecule has 1 N–H and O–H groups in total. The van der Waals surface area contributed by atoms with E-state index in [1.165, 1.54) is 0 Å². The van der Waals surface area contributed by atoms with Crippen LogP contribution in [0.15, 0.2) is 42.6 Å². The van der Waals surface area contributed by atoms with Crippen molar-refractivity contribution in [3.63, 3.8) is 0 Å². The fourth-order valence-electron chi connectivity index (χ4n) is 9.85. The molecule has 10 rings (SSSR count). The van der Waals surface area contributed by atoms with Gasteiger partial charge in [-0.3, -0.25) is 38.9 Å². The summed E-state index contributed by atoms with van der Waals surface area (Å²) >= 11 is 0. The lowest BCUT2D eigenvalue weighted by Crippen LogP contribution is -2.54. The number of piperidine rings is 2. The molecule has 5 amide bonds. The molecule has 0 radical (unpaired) electrons. The molecule has 15 nitrogen and oxygen atoms in total. The molecular formula is C42H44F2N10O5. The first kappa shape index (κ1) is 37.0. The molecule has 1 unspecified atom stereocenters. The number of aryl methyl sites for hydroxylation is 1. The van der Waals surface area contributed by atoms with Crippen molar-refractivity contribution in [1.82, 2.24) is 35.1 Å². The number of rotatable bonds is 6. The molecule has 17 heteroatoms. The third-order valence-corrected chi connectivity index (χ3v) is 12.9. The van der Waals surface area contributed by atoms with Gasteiger partial charge in [-0.25, -0.2) is 8.78 Å². The van der Waals surface area contributed by atoms with Crippen LogP contribution in [0.5, 0.6) is 0 Å². The van der Waals surface area contributed by atoms with E-state index in [0.717, 1.165) is 58.7 Å². The van der Waals surface area contributed by atoms with Crippen LogP contribution >= 0.6 is 0 Å². The monoisotopic (exact) mass is 806 g/mol. The summed E-state index contributed by atoms with van der Waals surface area (Å²) in [6.07, 6.45) is 3.34. The summed E-state index contributed by atoms with van der Waals surface area (Å²) in [7, 11) is 0. The zero-order chi connectivity index (χ0) is 40.7. The third kappa shape index (κ3) is 6.11. The maximum absolute atomic E-state index is 15.0. The second-order valence-corrected chi connectivity index (χ2v) is 16.2. The fourth-order valence-corrected chi connectivity index (χ4v) is 9.85. The first-order valence-corrected chi connectivity index (χ1v) is 20.3. The maximum Gasteiger partial charge on any atom is 0.265 e. The first-order chi connectivity index (χ1) is 28.5. The Morgan fingerprint density at radius 3 is 2.41 bits per heavy atom. The number of hydrogen-bond acceptors (Lipinski definition) is 11. The van der Waals surface area contributed by atoms with Crippen LogP contribution < -0.4 is 20.0 Å². The zero-order valence-corrected chi connectivity index (χ0v) is 32.5. The minimum absolute atomic E-state index is 0. The van der Waals surface area contributed by atoms with Gasteiger partial charge in [0.2, 0.25) is 17.7 Å². The molecule has 8 heterocycles. The van der Waals surface area contributed by atoms with Gasteiger partial charge < -0.3 is 19.6 Å². The number of anilines is 5. The Kier molecular flexibility index (Phi) is 8.94. The van der Waals surface area contributed by atoms with Gasteiger partial charge in [0, 0.05) is 87.7 Å². The highest BCUT2D eigenvalue weighted by Gasteiger charge is 2.45. The van der Waals surface area contributed by atoms with E-state index in [1.807, 2.05) is 28.0 Å². The van der Waals surface area contributed by atoms with Gasteiger partial charge in [0.1, 0.15) is 6.04 Å². The van der Waals surface area contributed by atoms with Crippen molar-refractivity contribution < 1.29 is 34.2 Å². The number of nitrogens with zero attached hydrogens (tertiary/aromatic N) is 9. The van der Waals surface area contributed by atoms with E-state index >= 15 is 0 Å². The number of fused-ring (bicyclic) bond motifs is 4. The minimum atomic E-state index is -2.72. The molecule has 0 bridgehead atoms. The molecule has 0 spiro atoms. The quantitative estimate of drug-likeness (QED) is 0.268. The van der Waals surface area contributed by atoms with Gasteiger partial charge in [0.15, 0.2) is 11.6 Å². The van der Waals surface area contributed by atoms with E-state index in [1.54, 1.807) is 31.3 Å². The van der Waals surface area contributed by atoms with Crippen molar-refractivity contribution in [3.8, 4) is 0 Å². The molecule has 6 aliphatic heterocycles. The molecule has 59 heavy (non-hydrogen) atoms. The third-order valence-electron chi connectivity index (χ3n) is 12.9. The van der Waals surface area contributed by atoms with E-state index < -0.39 is 36.1 Å². The number of nitrogens with one attached hydrogen (secondary N) is 1. The average Bonchev–Trinajstić information content (AvgIpc) is 3.92. The highest BCUT2D eigenvalue weighted by atomic mass is 19.3. The highest BCUT2D eigenvalue weighted by Crippen LogP contribution is 2.46. The van der Waals surface area contributed by atoms with Crippen molar-refractivity contribution >= 4 is 58.2 Å². The van der Waals surface area contributed by atoms with Gasteiger partial charge in [0.25, 0.3) is 18.2 Å². The van der Waals surface area contributed by atoms with Gasteiger partial charge in [-0.05, 0) is 80.5 Å². The number of benzene rings is 2. The molecule has 2 aromatic carbocycles. The van der Waals surface area contributed by atoms with Gasteiger partial charge in [-0.2, -0.15) is 10.2 Å². The molecule has 4 aromatic rings. The second kappa shape index (κ2) is 14.2. The van der Waals surface area contributed by atoms with Crippen LogP contribution in [-0.4, -0.2) is 98.1 Å². The normalized spacial score (nSPS) is 20.6. The van der Waals surface area contributed by atoms with E-state index in [2.05, 4.69) is 30.0 Å². The van der Waals surface area contributed by atoms with E-state index in [4.69, 9.17) is 5.10 Å². The number of carbonyl (C=O) groups is 5. The Morgan fingerprint density at radius 1 is 0.831 bits per heavy atom. The van der Waals surface area contributed by atoms with Crippen LogP contribution in [0.1, 0.15) is 102 Å². The number of amides is 5. The molecular weight excluding hydrogens is 763 g/mol. The average molecular weight is 807 g/mol. The van der Waals surface area contributed by atoms with Crippen LogP contribution in [0.25, 0.3) is 0 Å². The van der Waals surface area contributed by atoms with E-state index in [-0.39, 0.29) is 42.9 Å². The number of aromatic nitrogens is 4. The van der Waals surface area contributed by atoms with Crippen molar-refractivity contribution in [3.05, 3.63) is 81.7 Å². The standard InChI is InChI=1S/C42H42F2N10O5.H2/c1-23(55)50-17-12-32-31(22-50)39(51-14-2-3-25-19-35(30(37(43)44)21-34(25)51)52-18-9-24-8-13-45-47-38(24)52)48-54(32)26-10-15-49(16-11-26)27-4-5-28-29(20-27)42(59)53(41(28)58)33-6-7-36(56)46-40(33)57;/h4-5,8,13,19-21,26,33,37H,2-3,6-7,9-12,14-18,22H2,1H3,(H,46,56,57);1H. The number of halogens is 2. The van der Waals surface area contributed by atoms with Gasteiger partial charge >= 0.3 is 0 Å². The van der Waals surface area contributed by atoms with Crippen LogP contribution in [0.2, 0.25) is 0 Å². The number of alkyl halides is 2. The topological polar surface area (TPSA) is 157 Å². The Bertz CT molecular complexity index is 2470. The van der Waals surface area contributed by atoms with Crippen molar-refractivity contribution in [2.75, 3.05) is 47.4 Å². The number of imide groups is 2. The smallest absolute Gasteiger partial charge is 0.265 e. The Labute approximate surface area is 339 Å².